The number of nitrogens with two attached hydrogens (primary N) is 1. The molecule has 0 aliphatic carbocycles. The minimum Gasteiger partial charge on any atom is -0.399 e. The minimum atomic E-state index is -3.51. The van der Waals surface area contributed by atoms with Crippen LogP contribution in [0.1, 0.15) is 13.3 Å². The number of nitrogens with one attached hydrogen (secondary N) is 1. The van der Waals surface area contributed by atoms with Crippen molar-refractivity contribution in [3.05, 3.63) is 24.4 Å². The summed E-state index contributed by atoms with van der Waals surface area (Å²) in [6.07, 6.45) is 4.38. The molecule has 7 heteroatoms. The van der Waals surface area contributed by atoms with E-state index in [1.807, 2.05) is 13.2 Å². The van der Waals surface area contributed by atoms with Crippen molar-refractivity contribution in [1.82, 2.24) is 9.29 Å². The maximum absolute atomic E-state index is 12.8. The van der Waals surface area contributed by atoms with E-state index in [0.717, 1.165) is 17.7 Å². The molecule has 0 spiro atoms. The number of aromatic nitrogens is 1. The van der Waals surface area contributed by atoms with Gasteiger partial charge in [-0.3, -0.25) is 0 Å². The average molecular weight is 327 g/mol. The largest absolute Gasteiger partial charge is 0.399 e. The second-order valence-corrected chi connectivity index (χ2v) is 8.06. The highest BCUT2D eigenvalue weighted by Gasteiger charge is 2.27. The molecule has 1 aromatic carbocycles. The Morgan fingerprint density at radius 1 is 1.43 bits per heavy atom. The number of rotatable bonds is 6. The van der Waals surface area contributed by atoms with Crippen LogP contribution >= 0.6 is 11.8 Å². The lowest BCUT2D eigenvalue weighted by atomic mass is 10.2. The first-order chi connectivity index (χ1) is 9.87. The molecule has 0 bridgehead atoms. The Bertz CT molecular complexity index is 725. The Labute approximate surface area is 129 Å². The number of benzene rings is 1. The predicted octanol–water partition coefficient (Wildman–Crippen LogP) is 2.51. The normalized spacial score (nSPS) is 13.9. The summed E-state index contributed by atoms with van der Waals surface area (Å²) < 4.78 is 27.0. The van der Waals surface area contributed by atoms with E-state index in [-0.39, 0.29) is 6.04 Å². The number of thioether (sulfide) groups is 1. The molecule has 1 heterocycles. The molecule has 1 aromatic heterocycles. The minimum absolute atomic E-state index is 0.0406. The number of nitrogen functional groups attached to an aromatic ring is 1. The lowest BCUT2D eigenvalue weighted by molar-refractivity contribution is 0.383. The Hall–Kier alpha value is -1.18. The Morgan fingerprint density at radius 2 is 2.14 bits per heavy atom. The third kappa shape index (κ3) is 3.20. The number of hydrogen-bond donors (Lipinski definition) is 2. The molecule has 21 heavy (non-hydrogen) atoms. The van der Waals surface area contributed by atoms with Gasteiger partial charge in [-0.2, -0.15) is 16.1 Å². The number of sulfonamides is 1. The van der Waals surface area contributed by atoms with Crippen molar-refractivity contribution >= 4 is 38.4 Å². The molecule has 0 radical (unpaired) electrons. The highest BCUT2D eigenvalue weighted by Crippen LogP contribution is 2.27. The van der Waals surface area contributed by atoms with Crippen LogP contribution in [0, 0.1) is 0 Å². The SMILES string of the molecule is CSCCC(C)N(C)S(=O)(=O)c1c[nH]c2cc(N)ccc12. The standard InChI is InChI=1S/C14H21N3O2S2/c1-10(6-7-20-3)17(2)21(18,19)14-9-16-13-8-11(15)4-5-12(13)14/h4-5,8-10,16H,6-7,15H2,1-3H3. The highest BCUT2D eigenvalue weighted by molar-refractivity contribution is 7.98. The van der Waals surface area contributed by atoms with Crippen molar-refractivity contribution in [3.8, 4) is 0 Å². The number of fused-ring (bicyclic) bond motifs is 1. The van der Waals surface area contributed by atoms with E-state index >= 15 is 0 Å². The van der Waals surface area contributed by atoms with Gasteiger partial charge >= 0.3 is 0 Å². The average Bonchev–Trinajstić information content (AvgIpc) is 2.87. The van der Waals surface area contributed by atoms with E-state index in [4.69, 9.17) is 5.73 Å². The van der Waals surface area contributed by atoms with Gasteiger partial charge in [0.05, 0.1) is 0 Å². The zero-order valence-corrected chi connectivity index (χ0v) is 14.1. The molecule has 1 unspecified atom stereocenters. The molecule has 116 valence electrons. The van der Waals surface area contributed by atoms with Gasteiger partial charge in [0.25, 0.3) is 0 Å². The maximum atomic E-state index is 12.8. The summed E-state index contributed by atoms with van der Waals surface area (Å²) in [5.74, 6) is 0.936. The smallest absolute Gasteiger partial charge is 0.245 e. The molecule has 2 aromatic rings. The van der Waals surface area contributed by atoms with Crippen molar-refractivity contribution in [3.63, 3.8) is 0 Å². The molecule has 2 rings (SSSR count). The van der Waals surface area contributed by atoms with Crippen molar-refractivity contribution in [2.75, 3.05) is 24.8 Å². The fourth-order valence-corrected chi connectivity index (χ4v) is 4.32. The lowest BCUT2D eigenvalue weighted by Gasteiger charge is -2.23. The molecule has 0 aliphatic heterocycles. The zero-order chi connectivity index (χ0) is 15.6. The fraction of sp³-hybridized carbons (Fsp3) is 0.429. The first-order valence-electron chi connectivity index (χ1n) is 6.71. The topological polar surface area (TPSA) is 79.2 Å². The van der Waals surface area contributed by atoms with Gasteiger partial charge in [0.15, 0.2) is 0 Å². The number of nitrogens with zero attached hydrogens (tertiary/aromatic N) is 1. The van der Waals surface area contributed by atoms with Gasteiger partial charge in [-0.25, -0.2) is 8.42 Å². The summed E-state index contributed by atoms with van der Waals surface area (Å²) in [5, 5.41) is 0.674. The van der Waals surface area contributed by atoms with E-state index in [2.05, 4.69) is 4.98 Å². The Balaban J connectivity index is 2.37. The van der Waals surface area contributed by atoms with Crippen molar-refractivity contribution in [1.29, 1.82) is 0 Å². The van der Waals surface area contributed by atoms with Crippen LogP contribution in [-0.2, 0) is 10.0 Å². The first kappa shape index (κ1) is 16.2. The summed E-state index contributed by atoms with van der Waals surface area (Å²) in [6, 6.07) is 5.16. The number of H-pyrrole nitrogens is 1. The molecule has 0 amide bonds. The molecule has 3 N–H and O–H groups in total. The van der Waals surface area contributed by atoms with Gasteiger partial charge in [-0.1, -0.05) is 0 Å². The van der Waals surface area contributed by atoms with Gasteiger partial charge in [-0.05, 0) is 43.6 Å². The number of aromatic amines is 1. The maximum Gasteiger partial charge on any atom is 0.245 e. The number of hydrogen-bond acceptors (Lipinski definition) is 4. The van der Waals surface area contributed by atoms with E-state index in [1.54, 1.807) is 37.0 Å². The monoisotopic (exact) mass is 327 g/mol. The second-order valence-electron chi connectivity index (χ2n) is 5.11. The Morgan fingerprint density at radius 3 is 2.81 bits per heavy atom. The third-order valence-electron chi connectivity index (χ3n) is 3.69. The van der Waals surface area contributed by atoms with Crippen LogP contribution in [0.2, 0.25) is 0 Å². The van der Waals surface area contributed by atoms with Gasteiger partial charge < -0.3 is 10.7 Å². The summed E-state index contributed by atoms with van der Waals surface area (Å²) in [5.41, 5.74) is 7.06. The number of anilines is 1. The van der Waals surface area contributed by atoms with Crippen LogP contribution in [0.4, 0.5) is 5.69 Å². The summed E-state index contributed by atoms with van der Waals surface area (Å²) in [4.78, 5) is 3.28. The van der Waals surface area contributed by atoms with Crippen LogP contribution in [-0.4, -0.2) is 42.8 Å². The molecule has 0 fully saturated rings. The molecule has 0 aliphatic rings. The van der Waals surface area contributed by atoms with E-state index in [9.17, 15) is 8.42 Å². The van der Waals surface area contributed by atoms with Crippen molar-refractivity contribution in [2.24, 2.45) is 0 Å². The van der Waals surface area contributed by atoms with Gasteiger partial charge in [0.1, 0.15) is 4.90 Å². The fourth-order valence-electron chi connectivity index (χ4n) is 2.19. The van der Waals surface area contributed by atoms with Crippen LogP contribution in [0.15, 0.2) is 29.3 Å². The van der Waals surface area contributed by atoms with Crippen molar-refractivity contribution in [2.45, 2.75) is 24.3 Å². The molecule has 5 nitrogen and oxygen atoms in total. The van der Waals surface area contributed by atoms with Gasteiger partial charge in [-0.15, -0.1) is 0 Å². The van der Waals surface area contributed by atoms with Crippen LogP contribution in [0.5, 0.6) is 0 Å². The summed E-state index contributed by atoms with van der Waals surface area (Å²) in [6.45, 7) is 1.93. The summed E-state index contributed by atoms with van der Waals surface area (Å²) >= 11 is 1.72. The van der Waals surface area contributed by atoms with Gasteiger partial charge in [0.2, 0.25) is 10.0 Å². The molecular formula is C14H21N3O2S2. The molecule has 1 atom stereocenters. The van der Waals surface area contributed by atoms with Crippen LogP contribution < -0.4 is 5.73 Å². The second kappa shape index (κ2) is 6.29. The first-order valence-corrected chi connectivity index (χ1v) is 9.55. The van der Waals surface area contributed by atoms with Crippen LogP contribution in [0.3, 0.4) is 0 Å². The third-order valence-corrected chi connectivity index (χ3v) is 6.34. The molecule has 0 saturated carbocycles. The van der Waals surface area contributed by atoms with E-state index in [0.29, 0.717) is 16.0 Å². The Kier molecular flexibility index (Phi) is 4.85. The molecule has 0 saturated heterocycles. The molecular weight excluding hydrogens is 306 g/mol. The van der Waals surface area contributed by atoms with E-state index < -0.39 is 10.0 Å². The van der Waals surface area contributed by atoms with E-state index in [1.165, 1.54) is 10.5 Å². The van der Waals surface area contributed by atoms with Gasteiger partial charge in [0, 0.05) is 35.9 Å². The predicted molar refractivity (Wildman–Crippen MR) is 90.1 cm³/mol. The van der Waals surface area contributed by atoms with Crippen molar-refractivity contribution < 1.29 is 8.42 Å². The summed E-state index contributed by atoms with van der Waals surface area (Å²) in [7, 11) is -1.88. The lowest BCUT2D eigenvalue weighted by Crippen LogP contribution is -2.35. The quantitative estimate of drug-likeness (QED) is 0.799. The van der Waals surface area contributed by atoms with Crippen LogP contribution in [0.25, 0.3) is 10.9 Å². The zero-order valence-electron chi connectivity index (χ0n) is 12.5. The highest BCUT2D eigenvalue weighted by atomic mass is 32.2.